The maximum absolute atomic E-state index is 9.90. The second-order valence-corrected chi connectivity index (χ2v) is 21.4. The van der Waals surface area contributed by atoms with Crippen LogP contribution in [0.15, 0.2) is 272 Å². The number of benzene rings is 10. The molecule has 10 aromatic carbocycles. The van der Waals surface area contributed by atoms with Gasteiger partial charge in [-0.1, -0.05) is 125 Å². The lowest BCUT2D eigenvalue weighted by atomic mass is 10.1. The molecule has 0 aliphatic carbocycles. The van der Waals surface area contributed by atoms with Gasteiger partial charge in [0, 0.05) is 71.7 Å². The van der Waals surface area contributed by atoms with Gasteiger partial charge in [-0.05, 0) is 150 Å². The van der Waals surface area contributed by atoms with E-state index in [2.05, 4.69) is 197 Å². The number of pyridine rings is 4. The number of fused-ring (bicyclic) bond motifs is 22. The van der Waals surface area contributed by atoms with Crippen molar-refractivity contribution in [3.05, 3.63) is 272 Å². The largest absolute Gasteiger partial charge is 0.508 e. The molecular weight excluding hydrogens is 1090 g/mol. The van der Waals surface area contributed by atoms with Gasteiger partial charge in [-0.25, -0.2) is 19.9 Å². The highest BCUT2D eigenvalue weighted by molar-refractivity contribution is 9.10. The molecule has 1 N–H and O–H groups in total. The summed E-state index contributed by atoms with van der Waals surface area (Å²) in [6.45, 7) is 0. The van der Waals surface area contributed by atoms with Crippen LogP contribution in [0.4, 0.5) is 0 Å². The highest BCUT2D eigenvalue weighted by Crippen LogP contribution is 2.39. The third-order valence-electron chi connectivity index (χ3n) is 15.7. The normalized spacial score (nSPS) is 11.7. The van der Waals surface area contributed by atoms with E-state index in [1.807, 2.05) is 97.3 Å². The van der Waals surface area contributed by atoms with Crippen molar-refractivity contribution in [2.24, 2.45) is 0 Å². The lowest BCUT2D eigenvalue weighted by Crippen LogP contribution is -1.96. The van der Waals surface area contributed by atoms with Crippen molar-refractivity contribution in [3.8, 4) is 28.6 Å². The average molecular weight is 1130 g/mol. The molecule has 0 bridgehead atoms. The Labute approximate surface area is 481 Å². The number of para-hydroxylation sites is 8. The predicted octanol–water partition coefficient (Wildman–Crippen LogP) is 18.5. The molecular formula is C72H45BrN8O2. The van der Waals surface area contributed by atoms with Gasteiger partial charge in [0.05, 0.1) is 49.8 Å². The Morgan fingerprint density at radius 2 is 0.747 bits per heavy atom. The zero-order chi connectivity index (χ0) is 55.1. The summed E-state index contributed by atoms with van der Waals surface area (Å²) in [4.78, 5) is 19.1. The fraction of sp³-hybridized carbons (Fsp3) is 0. The summed E-state index contributed by atoms with van der Waals surface area (Å²) in [6.07, 6.45) is 3.69. The highest BCUT2D eigenvalue weighted by atomic mass is 79.9. The Hall–Kier alpha value is -10.9. The van der Waals surface area contributed by atoms with Crippen LogP contribution >= 0.6 is 15.9 Å². The number of halogens is 1. The minimum atomic E-state index is 0.261. The molecule has 0 aliphatic heterocycles. The van der Waals surface area contributed by atoms with Crippen LogP contribution in [0.1, 0.15) is 0 Å². The lowest BCUT2D eigenvalue weighted by molar-refractivity contribution is 0.476. The standard InChI is InChI=1S/C36H22N4O.C19H12N2O.C17H11BrN2/c1-5-16-33-27(11-1)26-19-18-25(22-30(26)36-38-31-14-3-6-17-34(31)40(33)36)41-24-10-7-9-23(21-24)39-32-15-4-2-12-28(32)29-13-8-20-37-35(29)39;22-12-9-10-13-14-5-1-3-7-17(14)21-18-8-4-2-6-16(18)20-19(21)15(13)11-12;18-12-5-3-6-13(11-12)20-16-9-2-1-7-14(16)15-8-4-10-19-17(15)20/h1-22H;1-11,22H;1-11H. The van der Waals surface area contributed by atoms with Gasteiger partial charge in [-0.3, -0.25) is 17.9 Å². The van der Waals surface area contributed by atoms with Gasteiger partial charge in [0.2, 0.25) is 0 Å². The molecule has 83 heavy (non-hydrogen) atoms. The summed E-state index contributed by atoms with van der Waals surface area (Å²) >= 11 is 3.54. The van der Waals surface area contributed by atoms with E-state index in [9.17, 15) is 5.11 Å². The number of nitrogens with zero attached hydrogens (tertiary/aromatic N) is 8. The van der Waals surface area contributed by atoms with Crippen LogP contribution in [0.3, 0.4) is 0 Å². The molecule has 392 valence electrons. The van der Waals surface area contributed by atoms with Gasteiger partial charge in [-0.15, -0.1) is 0 Å². The molecule has 10 nitrogen and oxygen atoms in total. The van der Waals surface area contributed by atoms with Crippen LogP contribution in [-0.4, -0.2) is 43.0 Å². The smallest absolute Gasteiger partial charge is 0.146 e. The summed E-state index contributed by atoms with van der Waals surface area (Å²) in [5.41, 5.74) is 14.5. The molecule has 8 aromatic heterocycles. The summed E-state index contributed by atoms with van der Waals surface area (Å²) in [7, 11) is 0. The number of rotatable bonds is 4. The molecule has 0 fully saturated rings. The topological polar surface area (TPSA) is 99.7 Å². The van der Waals surface area contributed by atoms with Gasteiger partial charge >= 0.3 is 0 Å². The number of phenolic OH excluding ortho intramolecular Hbond substituents is 1. The van der Waals surface area contributed by atoms with E-state index in [0.717, 1.165) is 121 Å². The quantitative estimate of drug-likeness (QED) is 0.176. The SMILES string of the molecule is Brc1cccc(-n2c3ccccc3c3cccnc32)c1.Oc1ccc2c3ccccc3n3c4ccccc4nc3c2c1.c1cc(Oc2ccc3c4ccccc4n4c5ccccc5nc4c3c2)cc(-n2c3ccccc3c3cccnc32)c1. The Bertz CT molecular complexity index is 5520. The van der Waals surface area contributed by atoms with E-state index in [4.69, 9.17) is 19.7 Å². The molecule has 0 amide bonds. The first kappa shape index (κ1) is 48.1. The van der Waals surface area contributed by atoms with E-state index in [1.54, 1.807) is 12.1 Å². The second kappa shape index (κ2) is 19.4. The van der Waals surface area contributed by atoms with E-state index in [0.29, 0.717) is 0 Å². The molecule has 18 rings (SSSR count). The predicted molar refractivity (Wildman–Crippen MR) is 342 cm³/mol. The van der Waals surface area contributed by atoms with E-state index < -0.39 is 0 Å². The minimum absolute atomic E-state index is 0.261. The second-order valence-electron chi connectivity index (χ2n) is 20.5. The summed E-state index contributed by atoms with van der Waals surface area (Å²) < 4.78 is 16.4. The summed E-state index contributed by atoms with van der Waals surface area (Å²) in [6, 6.07) is 86.6. The first-order chi connectivity index (χ1) is 41.0. The van der Waals surface area contributed by atoms with Crippen molar-refractivity contribution < 1.29 is 9.84 Å². The number of hydrogen-bond acceptors (Lipinski definition) is 6. The number of ether oxygens (including phenoxy) is 1. The van der Waals surface area contributed by atoms with Gasteiger partial charge in [0.25, 0.3) is 0 Å². The van der Waals surface area contributed by atoms with Crippen molar-refractivity contribution in [2.75, 3.05) is 0 Å². The molecule has 0 saturated carbocycles. The monoisotopic (exact) mass is 1130 g/mol. The number of hydrogen-bond donors (Lipinski definition) is 1. The molecule has 0 atom stereocenters. The van der Waals surface area contributed by atoms with Crippen LogP contribution in [0.5, 0.6) is 17.2 Å². The van der Waals surface area contributed by atoms with Crippen molar-refractivity contribution >= 4 is 137 Å². The zero-order valence-electron chi connectivity index (χ0n) is 44.2. The summed E-state index contributed by atoms with van der Waals surface area (Å²) in [5.74, 6) is 1.78. The van der Waals surface area contributed by atoms with Gasteiger partial charge in [0.15, 0.2) is 0 Å². The van der Waals surface area contributed by atoms with Crippen LogP contribution < -0.4 is 4.74 Å². The van der Waals surface area contributed by atoms with E-state index in [-0.39, 0.29) is 5.75 Å². The molecule has 11 heteroatoms. The summed E-state index contributed by atoms with van der Waals surface area (Å²) in [5, 5.41) is 21.3. The molecule has 0 aliphatic rings. The molecule has 0 unspecified atom stereocenters. The number of imidazole rings is 2. The highest BCUT2D eigenvalue weighted by Gasteiger charge is 2.18. The van der Waals surface area contributed by atoms with Crippen LogP contribution in [0.25, 0.3) is 132 Å². The van der Waals surface area contributed by atoms with Gasteiger partial charge < -0.3 is 9.84 Å². The van der Waals surface area contributed by atoms with Crippen LogP contribution in [-0.2, 0) is 0 Å². The maximum atomic E-state index is 9.90. The molecule has 0 radical (unpaired) electrons. The molecule has 0 saturated heterocycles. The van der Waals surface area contributed by atoms with E-state index >= 15 is 0 Å². The molecule has 18 aromatic rings. The van der Waals surface area contributed by atoms with Crippen molar-refractivity contribution in [1.82, 2.24) is 37.9 Å². The first-order valence-corrected chi connectivity index (χ1v) is 28.1. The minimum Gasteiger partial charge on any atom is -0.508 e. The van der Waals surface area contributed by atoms with Crippen LogP contribution in [0, 0.1) is 0 Å². The first-order valence-electron chi connectivity index (χ1n) is 27.4. The lowest BCUT2D eigenvalue weighted by Gasteiger charge is -2.12. The molecule has 0 spiro atoms. The third-order valence-corrected chi connectivity index (χ3v) is 16.2. The Morgan fingerprint density at radius 1 is 0.313 bits per heavy atom. The Kier molecular flexibility index (Phi) is 11.3. The Balaban J connectivity index is 0.000000113. The van der Waals surface area contributed by atoms with Crippen LogP contribution in [0.2, 0.25) is 0 Å². The number of aromatic hydroxyl groups is 1. The van der Waals surface area contributed by atoms with Crippen molar-refractivity contribution in [3.63, 3.8) is 0 Å². The Morgan fingerprint density at radius 3 is 1.30 bits per heavy atom. The fourth-order valence-electron chi connectivity index (χ4n) is 12.2. The van der Waals surface area contributed by atoms with Gasteiger partial charge in [0.1, 0.15) is 39.8 Å². The number of phenols is 1. The van der Waals surface area contributed by atoms with E-state index in [1.165, 1.54) is 27.1 Å². The maximum Gasteiger partial charge on any atom is 0.146 e. The van der Waals surface area contributed by atoms with Crippen molar-refractivity contribution in [1.29, 1.82) is 0 Å². The third kappa shape index (κ3) is 7.92. The number of aromatic nitrogens is 8. The van der Waals surface area contributed by atoms with Gasteiger partial charge in [-0.2, -0.15) is 0 Å². The molecule has 8 heterocycles. The zero-order valence-corrected chi connectivity index (χ0v) is 45.8. The average Bonchev–Trinajstić information content (AvgIpc) is 2.82. The van der Waals surface area contributed by atoms with Crippen molar-refractivity contribution in [2.45, 2.75) is 0 Å². The fourth-order valence-corrected chi connectivity index (χ4v) is 12.6.